The number of nitrogens with one attached hydrogen (secondary N) is 1. The van der Waals surface area contributed by atoms with Crippen LogP contribution in [-0.2, 0) is 4.79 Å². The fourth-order valence-corrected chi connectivity index (χ4v) is 7.10. The molecule has 0 aliphatic heterocycles. The van der Waals surface area contributed by atoms with E-state index in [1.165, 1.54) is 186 Å². The van der Waals surface area contributed by atoms with Gasteiger partial charge in [-0.05, 0) is 44.9 Å². The van der Waals surface area contributed by atoms with Crippen molar-refractivity contribution >= 4 is 5.91 Å². The van der Waals surface area contributed by atoms with Crippen molar-refractivity contribution in [2.24, 2.45) is 0 Å². The molecule has 0 aliphatic carbocycles. The molecule has 0 spiro atoms. The Labute approximate surface area is 325 Å². The predicted octanol–water partition coefficient (Wildman–Crippen LogP) is 14.6. The lowest BCUT2D eigenvalue weighted by Crippen LogP contribution is -2.45. The molecule has 0 heterocycles. The number of allylic oxidation sites excluding steroid dienone is 5. The van der Waals surface area contributed by atoms with Gasteiger partial charge in [-0.3, -0.25) is 4.79 Å². The molecule has 0 fully saturated rings. The summed E-state index contributed by atoms with van der Waals surface area (Å²) in [4.78, 5) is 12.4. The van der Waals surface area contributed by atoms with E-state index < -0.39 is 12.1 Å². The van der Waals surface area contributed by atoms with E-state index in [1.54, 1.807) is 6.08 Å². The molecule has 0 aromatic carbocycles. The van der Waals surface area contributed by atoms with Crippen LogP contribution >= 0.6 is 0 Å². The van der Waals surface area contributed by atoms with Crippen LogP contribution in [0.25, 0.3) is 0 Å². The number of rotatable bonds is 42. The molecule has 0 radical (unpaired) electrons. The second-order valence-electron chi connectivity index (χ2n) is 15.8. The topological polar surface area (TPSA) is 69.6 Å². The third kappa shape index (κ3) is 39.8. The number of unbranched alkanes of at least 4 members (excludes halogenated alkanes) is 31. The molecule has 4 heteroatoms. The minimum absolute atomic E-state index is 0.0630. The Kier molecular flexibility index (Phi) is 42.8. The number of carbonyl (C=O) groups excluding carboxylic acids is 1. The summed E-state index contributed by atoms with van der Waals surface area (Å²) >= 11 is 0. The lowest BCUT2D eigenvalue weighted by atomic mass is 10.0. The zero-order valence-corrected chi connectivity index (χ0v) is 35.1. The molecule has 0 rings (SSSR count). The molecule has 0 saturated carbocycles. The van der Waals surface area contributed by atoms with Crippen LogP contribution in [0.5, 0.6) is 0 Å². The summed E-state index contributed by atoms with van der Waals surface area (Å²) in [7, 11) is 0. The maximum Gasteiger partial charge on any atom is 0.220 e. The highest BCUT2D eigenvalue weighted by atomic mass is 16.3. The Morgan fingerprint density at radius 2 is 0.846 bits per heavy atom. The standard InChI is InChI=1S/C48H91NO3/c1-3-5-7-9-11-13-15-17-19-21-23-24-26-28-30-32-34-36-38-40-42-44-48(52)49-46(45-50)47(51)43-41-39-37-35-33-31-29-27-25-22-20-18-16-14-12-10-8-6-4-2/h5,7,11,13,41,43,46-47,50-51H,3-4,6,8-10,12,14-40,42,44-45H2,1-2H3,(H,49,52)/b7-5-,13-11-,43-41+. The van der Waals surface area contributed by atoms with Crippen molar-refractivity contribution < 1.29 is 15.0 Å². The van der Waals surface area contributed by atoms with Gasteiger partial charge < -0.3 is 15.5 Å². The SMILES string of the molecule is CC/C=C\C/C=C\CCCCCCCCCCCCCCCCC(=O)NC(CO)C(O)/C=C/CCCCCCCCCCCCCCCCCCC. The van der Waals surface area contributed by atoms with Gasteiger partial charge in [0, 0.05) is 6.42 Å². The maximum atomic E-state index is 12.4. The number of carbonyl (C=O) groups is 1. The van der Waals surface area contributed by atoms with E-state index in [-0.39, 0.29) is 12.5 Å². The van der Waals surface area contributed by atoms with Crippen LogP contribution in [-0.4, -0.2) is 34.9 Å². The molecule has 4 nitrogen and oxygen atoms in total. The molecule has 306 valence electrons. The predicted molar refractivity (Wildman–Crippen MR) is 230 cm³/mol. The number of aliphatic hydroxyl groups is 2. The highest BCUT2D eigenvalue weighted by molar-refractivity contribution is 5.76. The molecule has 0 aliphatic rings. The normalized spacial score (nSPS) is 13.2. The van der Waals surface area contributed by atoms with Crippen LogP contribution in [0, 0.1) is 0 Å². The van der Waals surface area contributed by atoms with Gasteiger partial charge in [0.2, 0.25) is 5.91 Å². The van der Waals surface area contributed by atoms with Crippen molar-refractivity contribution in [1.82, 2.24) is 5.32 Å². The molecule has 2 unspecified atom stereocenters. The average molecular weight is 730 g/mol. The largest absolute Gasteiger partial charge is 0.394 e. The van der Waals surface area contributed by atoms with Crippen LogP contribution in [0.1, 0.15) is 245 Å². The fraction of sp³-hybridized carbons (Fsp3) is 0.854. The van der Waals surface area contributed by atoms with E-state index in [2.05, 4.69) is 43.5 Å². The molecular formula is C48H91NO3. The van der Waals surface area contributed by atoms with E-state index >= 15 is 0 Å². The smallest absolute Gasteiger partial charge is 0.220 e. The summed E-state index contributed by atoms with van der Waals surface area (Å²) in [6.45, 7) is 4.22. The molecule has 0 aromatic rings. The first kappa shape index (κ1) is 50.6. The van der Waals surface area contributed by atoms with E-state index in [9.17, 15) is 15.0 Å². The first-order valence-electron chi connectivity index (χ1n) is 23.2. The Morgan fingerprint density at radius 3 is 1.25 bits per heavy atom. The lowest BCUT2D eigenvalue weighted by Gasteiger charge is -2.20. The maximum absolute atomic E-state index is 12.4. The summed E-state index contributed by atoms with van der Waals surface area (Å²) in [6.07, 6.45) is 58.3. The Balaban J connectivity index is 3.53. The third-order valence-corrected chi connectivity index (χ3v) is 10.6. The molecule has 0 bridgehead atoms. The van der Waals surface area contributed by atoms with Gasteiger partial charge in [-0.25, -0.2) is 0 Å². The van der Waals surface area contributed by atoms with Crippen molar-refractivity contribution in [1.29, 1.82) is 0 Å². The minimum Gasteiger partial charge on any atom is -0.394 e. The minimum atomic E-state index is -0.838. The number of hydrogen-bond donors (Lipinski definition) is 3. The molecule has 0 aromatic heterocycles. The van der Waals surface area contributed by atoms with Crippen molar-refractivity contribution in [3.63, 3.8) is 0 Å². The number of aliphatic hydroxyl groups excluding tert-OH is 2. The highest BCUT2D eigenvalue weighted by Gasteiger charge is 2.17. The van der Waals surface area contributed by atoms with Crippen molar-refractivity contribution in [2.45, 2.75) is 257 Å². The molecule has 2 atom stereocenters. The Hall–Kier alpha value is -1.39. The second kappa shape index (κ2) is 44.0. The second-order valence-corrected chi connectivity index (χ2v) is 15.8. The van der Waals surface area contributed by atoms with Crippen molar-refractivity contribution in [2.75, 3.05) is 6.61 Å². The van der Waals surface area contributed by atoms with Gasteiger partial charge in [-0.1, -0.05) is 230 Å². The van der Waals surface area contributed by atoms with Crippen LogP contribution in [0.4, 0.5) is 0 Å². The quantitative estimate of drug-likeness (QED) is 0.0433. The monoisotopic (exact) mass is 730 g/mol. The molecular weight excluding hydrogens is 639 g/mol. The van der Waals surface area contributed by atoms with Crippen LogP contribution in [0.2, 0.25) is 0 Å². The van der Waals surface area contributed by atoms with E-state index in [0.29, 0.717) is 6.42 Å². The van der Waals surface area contributed by atoms with Gasteiger partial charge in [0.1, 0.15) is 0 Å². The molecule has 0 saturated heterocycles. The van der Waals surface area contributed by atoms with Gasteiger partial charge in [0.05, 0.1) is 18.8 Å². The lowest BCUT2D eigenvalue weighted by molar-refractivity contribution is -0.123. The molecule has 52 heavy (non-hydrogen) atoms. The summed E-state index contributed by atoms with van der Waals surface area (Å²) in [5, 5.41) is 23.1. The zero-order chi connectivity index (χ0) is 37.8. The summed E-state index contributed by atoms with van der Waals surface area (Å²) in [5.41, 5.74) is 0. The van der Waals surface area contributed by atoms with Gasteiger partial charge in [-0.15, -0.1) is 0 Å². The van der Waals surface area contributed by atoms with Crippen LogP contribution in [0.3, 0.4) is 0 Å². The first-order chi connectivity index (χ1) is 25.7. The first-order valence-corrected chi connectivity index (χ1v) is 23.2. The van der Waals surface area contributed by atoms with Gasteiger partial charge in [0.25, 0.3) is 0 Å². The number of hydrogen-bond acceptors (Lipinski definition) is 3. The molecule has 3 N–H and O–H groups in total. The van der Waals surface area contributed by atoms with Crippen molar-refractivity contribution in [3.05, 3.63) is 36.5 Å². The van der Waals surface area contributed by atoms with E-state index in [0.717, 1.165) is 38.5 Å². The number of amides is 1. The highest BCUT2D eigenvalue weighted by Crippen LogP contribution is 2.16. The third-order valence-electron chi connectivity index (χ3n) is 10.6. The zero-order valence-electron chi connectivity index (χ0n) is 35.1. The summed E-state index contributed by atoms with van der Waals surface area (Å²) in [5.74, 6) is -0.0630. The Morgan fingerprint density at radius 1 is 0.481 bits per heavy atom. The van der Waals surface area contributed by atoms with Gasteiger partial charge >= 0.3 is 0 Å². The van der Waals surface area contributed by atoms with E-state index in [4.69, 9.17) is 0 Å². The summed E-state index contributed by atoms with van der Waals surface area (Å²) < 4.78 is 0. The van der Waals surface area contributed by atoms with Gasteiger partial charge in [0.15, 0.2) is 0 Å². The fourth-order valence-electron chi connectivity index (χ4n) is 7.10. The van der Waals surface area contributed by atoms with Crippen molar-refractivity contribution in [3.8, 4) is 0 Å². The molecule has 1 amide bonds. The van der Waals surface area contributed by atoms with Crippen LogP contribution in [0.15, 0.2) is 36.5 Å². The average Bonchev–Trinajstić information content (AvgIpc) is 3.15. The Bertz CT molecular complexity index is 790. The van der Waals surface area contributed by atoms with E-state index in [1.807, 2.05) is 6.08 Å². The van der Waals surface area contributed by atoms with Gasteiger partial charge in [-0.2, -0.15) is 0 Å². The summed E-state index contributed by atoms with van der Waals surface area (Å²) in [6, 6.07) is -0.621. The van der Waals surface area contributed by atoms with Crippen LogP contribution < -0.4 is 5.32 Å².